The van der Waals surface area contributed by atoms with Gasteiger partial charge < -0.3 is 9.74 Å². The van der Waals surface area contributed by atoms with Gasteiger partial charge in [0, 0.05) is 12.3 Å². The van der Waals surface area contributed by atoms with Crippen LogP contribution < -0.4 is 5.32 Å². The Morgan fingerprint density at radius 2 is 1.67 bits per heavy atom. The molecule has 0 saturated heterocycles. The van der Waals surface area contributed by atoms with Crippen molar-refractivity contribution in [3.63, 3.8) is 0 Å². The summed E-state index contributed by atoms with van der Waals surface area (Å²) in [5.41, 5.74) is 3.87. The molecule has 1 fully saturated rings. The van der Waals surface area contributed by atoms with Gasteiger partial charge in [-0.3, -0.25) is 0 Å². The highest BCUT2D eigenvalue weighted by atomic mass is 28.4. The number of hydrogen-bond acceptors (Lipinski definition) is 2. The normalized spacial score (nSPS) is 21.0. The van der Waals surface area contributed by atoms with E-state index in [9.17, 15) is 0 Å². The van der Waals surface area contributed by atoms with Gasteiger partial charge in [0.2, 0.25) is 0 Å². The minimum atomic E-state index is -1.67. The summed E-state index contributed by atoms with van der Waals surface area (Å²) < 4.78 is 6.51. The molecule has 3 heteroatoms. The third-order valence-corrected chi connectivity index (χ3v) is 10.9. The van der Waals surface area contributed by atoms with Crippen LogP contribution in [0.5, 0.6) is 0 Å². The third-order valence-electron chi connectivity index (χ3n) is 6.40. The average molecular weight is 382 g/mol. The smallest absolute Gasteiger partial charge is 0.191 e. The molecule has 1 aliphatic rings. The first kappa shape index (κ1) is 20.2. The van der Waals surface area contributed by atoms with Crippen LogP contribution in [0.25, 0.3) is 0 Å². The molecule has 0 unspecified atom stereocenters. The summed E-state index contributed by atoms with van der Waals surface area (Å²) in [4.78, 5) is 0. The summed E-state index contributed by atoms with van der Waals surface area (Å²) >= 11 is 0. The number of nitrogens with one attached hydrogen (secondary N) is 1. The third kappa shape index (κ3) is 5.02. The molecule has 0 bridgehead atoms. The lowest BCUT2D eigenvalue weighted by atomic mass is 10.0. The van der Waals surface area contributed by atoms with E-state index in [-0.39, 0.29) is 5.04 Å². The molecule has 2 nitrogen and oxygen atoms in total. The first-order valence-corrected chi connectivity index (χ1v) is 13.1. The lowest BCUT2D eigenvalue weighted by Gasteiger charge is -2.36. The largest absolute Gasteiger partial charge is 0.417 e. The Morgan fingerprint density at radius 3 is 2.26 bits per heavy atom. The van der Waals surface area contributed by atoms with Crippen LogP contribution in [-0.4, -0.2) is 14.9 Å². The summed E-state index contributed by atoms with van der Waals surface area (Å²) in [7, 11) is -1.67. The SMILES string of the molecule is Cc1ccc(N[C@@H](c2ccccc2)[C@@H]2C[C@@H]2CO[Si](C)(C)C(C)(C)C)cc1. The quantitative estimate of drug-likeness (QED) is 0.532. The van der Waals surface area contributed by atoms with Crippen molar-refractivity contribution < 1.29 is 4.43 Å². The molecule has 0 radical (unpaired) electrons. The van der Waals surface area contributed by atoms with E-state index in [0.717, 1.165) is 6.61 Å². The van der Waals surface area contributed by atoms with Gasteiger partial charge in [0.05, 0.1) is 6.04 Å². The molecule has 0 aliphatic heterocycles. The van der Waals surface area contributed by atoms with Gasteiger partial charge in [0.25, 0.3) is 0 Å². The zero-order valence-electron chi connectivity index (χ0n) is 17.8. The highest BCUT2D eigenvalue weighted by Gasteiger charge is 2.46. The Kier molecular flexibility index (Phi) is 5.83. The number of aryl methyl sites for hydroxylation is 1. The second-order valence-corrected chi connectivity index (χ2v) is 14.4. The van der Waals surface area contributed by atoms with Crippen molar-refractivity contribution in [1.82, 2.24) is 0 Å². The van der Waals surface area contributed by atoms with E-state index in [4.69, 9.17) is 4.43 Å². The topological polar surface area (TPSA) is 21.3 Å². The number of rotatable bonds is 7. The summed E-state index contributed by atoms with van der Waals surface area (Å²) in [5, 5.41) is 4.07. The van der Waals surface area contributed by atoms with Gasteiger partial charge in [0.15, 0.2) is 8.32 Å². The molecule has 1 aliphatic carbocycles. The van der Waals surface area contributed by atoms with E-state index >= 15 is 0 Å². The fourth-order valence-corrected chi connectivity index (χ4v) is 4.39. The van der Waals surface area contributed by atoms with Crippen molar-refractivity contribution in [2.24, 2.45) is 11.8 Å². The Hall–Kier alpha value is -1.58. The van der Waals surface area contributed by atoms with E-state index < -0.39 is 8.32 Å². The summed E-state index contributed by atoms with van der Waals surface area (Å²) in [6, 6.07) is 19.9. The molecule has 1 saturated carbocycles. The van der Waals surface area contributed by atoms with Crippen molar-refractivity contribution in [3.05, 3.63) is 65.7 Å². The standard InChI is InChI=1S/C24H35NOSi/c1-18-12-14-21(15-13-18)25-23(19-10-8-7-9-11-19)22-16-20(22)17-26-27(5,6)24(2,3)4/h7-15,20,22-23,25H,16-17H2,1-6H3/t20-,22-,23+/m1/s1. The second-order valence-electron chi connectivity index (χ2n) is 9.63. The summed E-state index contributed by atoms with van der Waals surface area (Å²) in [6.45, 7) is 14.7. The van der Waals surface area contributed by atoms with E-state index in [0.29, 0.717) is 17.9 Å². The van der Waals surface area contributed by atoms with Crippen LogP contribution in [0.3, 0.4) is 0 Å². The lowest BCUT2D eigenvalue weighted by molar-refractivity contribution is 0.263. The van der Waals surface area contributed by atoms with Gasteiger partial charge in [-0.05, 0) is 61.0 Å². The zero-order valence-corrected chi connectivity index (χ0v) is 18.8. The van der Waals surface area contributed by atoms with Crippen molar-refractivity contribution >= 4 is 14.0 Å². The van der Waals surface area contributed by atoms with E-state index in [2.05, 4.69) is 101 Å². The van der Waals surface area contributed by atoms with Gasteiger partial charge in [-0.1, -0.05) is 68.8 Å². The van der Waals surface area contributed by atoms with Crippen LogP contribution >= 0.6 is 0 Å². The van der Waals surface area contributed by atoms with Crippen molar-refractivity contribution in [2.75, 3.05) is 11.9 Å². The maximum Gasteiger partial charge on any atom is 0.191 e. The van der Waals surface area contributed by atoms with Gasteiger partial charge in [0.1, 0.15) is 0 Å². The molecule has 0 aromatic heterocycles. The first-order valence-electron chi connectivity index (χ1n) is 10.2. The number of anilines is 1. The van der Waals surface area contributed by atoms with Crippen LogP contribution in [0.1, 0.15) is 44.4 Å². The molecule has 3 rings (SSSR count). The van der Waals surface area contributed by atoms with Crippen molar-refractivity contribution in [2.45, 2.75) is 58.3 Å². The molecule has 0 spiro atoms. The Morgan fingerprint density at radius 1 is 1.04 bits per heavy atom. The van der Waals surface area contributed by atoms with Crippen LogP contribution in [0.4, 0.5) is 5.69 Å². The predicted molar refractivity (Wildman–Crippen MR) is 119 cm³/mol. The van der Waals surface area contributed by atoms with Gasteiger partial charge in [-0.2, -0.15) is 0 Å². The Bertz CT molecular complexity index is 733. The average Bonchev–Trinajstić information content (AvgIpc) is 3.39. The highest BCUT2D eigenvalue weighted by Crippen LogP contribution is 2.50. The molecule has 1 N–H and O–H groups in total. The molecular weight excluding hydrogens is 346 g/mol. The van der Waals surface area contributed by atoms with E-state index in [1.165, 1.54) is 23.2 Å². The van der Waals surface area contributed by atoms with Gasteiger partial charge in [-0.15, -0.1) is 0 Å². The highest BCUT2D eigenvalue weighted by molar-refractivity contribution is 6.74. The maximum atomic E-state index is 6.51. The van der Waals surface area contributed by atoms with Crippen molar-refractivity contribution in [3.8, 4) is 0 Å². The predicted octanol–water partition coefficient (Wildman–Crippen LogP) is 6.81. The molecule has 0 heterocycles. The van der Waals surface area contributed by atoms with E-state index in [1.54, 1.807) is 0 Å². The minimum absolute atomic E-state index is 0.274. The summed E-state index contributed by atoms with van der Waals surface area (Å²) in [6.07, 6.45) is 1.24. The van der Waals surface area contributed by atoms with E-state index in [1.807, 2.05) is 0 Å². The molecule has 146 valence electrons. The fourth-order valence-electron chi connectivity index (χ4n) is 3.33. The number of benzene rings is 2. The van der Waals surface area contributed by atoms with Crippen LogP contribution in [0.15, 0.2) is 54.6 Å². The molecule has 2 aromatic carbocycles. The van der Waals surface area contributed by atoms with Crippen LogP contribution in [0, 0.1) is 18.8 Å². The second kappa shape index (κ2) is 7.81. The van der Waals surface area contributed by atoms with Crippen LogP contribution in [-0.2, 0) is 4.43 Å². The Balaban J connectivity index is 1.69. The minimum Gasteiger partial charge on any atom is -0.417 e. The molecule has 2 aromatic rings. The monoisotopic (exact) mass is 381 g/mol. The fraction of sp³-hybridized carbons (Fsp3) is 0.500. The molecular formula is C24H35NOSi. The zero-order chi connectivity index (χ0) is 19.7. The Labute approximate surface area is 166 Å². The molecule has 0 amide bonds. The molecule has 27 heavy (non-hydrogen) atoms. The van der Waals surface area contributed by atoms with Crippen molar-refractivity contribution in [1.29, 1.82) is 0 Å². The van der Waals surface area contributed by atoms with Gasteiger partial charge >= 0.3 is 0 Å². The number of hydrogen-bond donors (Lipinski definition) is 1. The lowest BCUT2D eigenvalue weighted by Crippen LogP contribution is -2.41. The van der Waals surface area contributed by atoms with Crippen LogP contribution in [0.2, 0.25) is 18.1 Å². The van der Waals surface area contributed by atoms with Gasteiger partial charge in [-0.25, -0.2) is 0 Å². The first-order chi connectivity index (χ1) is 12.7. The molecule has 3 atom stereocenters. The summed E-state index contributed by atoms with van der Waals surface area (Å²) in [5.74, 6) is 1.29. The maximum absolute atomic E-state index is 6.51.